The third-order valence-corrected chi connectivity index (χ3v) is 2.47. The maximum atomic E-state index is 9.69. The molecule has 2 N–H and O–H groups in total. The van der Waals surface area contributed by atoms with Crippen molar-refractivity contribution in [1.29, 1.82) is 0 Å². The Hall–Kier alpha value is -1.02. The molecule has 1 saturated heterocycles. The lowest BCUT2D eigenvalue weighted by molar-refractivity contribution is 0.363. The molecule has 0 spiro atoms. The van der Waals surface area contributed by atoms with Crippen LogP contribution in [0, 0.1) is 6.92 Å². The van der Waals surface area contributed by atoms with Crippen LogP contribution in [-0.4, -0.2) is 11.7 Å². The number of para-hydroxylation sites is 1. The molecule has 0 radical (unpaired) electrons. The van der Waals surface area contributed by atoms with Gasteiger partial charge in [0.2, 0.25) is 0 Å². The normalized spacial score (nSPS) is 21.9. The van der Waals surface area contributed by atoms with Crippen LogP contribution in [0.25, 0.3) is 0 Å². The summed E-state index contributed by atoms with van der Waals surface area (Å²) in [5.41, 5.74) is 2.00. The van der Waals surface area contributed by atoms with Crippen LogP contribution in [-0.2, 0) is 0 Å². The van der Waals surface area contributed by atoms with Crippen molar-refractivity contribution in [2.45, 2.75) is 19.4 Å². The van der Waals surface area contributed by atoms with Gasteiger partial charge in [-0.2, -0.15) is 0 Å². The quantitative estimate of drug-likeness (QED) is 0.661. The Kier molecular flexibility index (Phi) is 1.77. The molecular weight excluding hydrogens is 150 g/mol. The predicted molar refractivity (Wildman–Crippen MR) is 48.2 cm³/mol. The molecule has 2 rings (SSSR count). The zero-order valence-corrected chi connectivity index (χ0v) is 7.17. The fraction of sp³-hybridized carbons (Fsp3) is 0.400. The summed E-state index contributed by atoms with van der Waals surface area (Å²) in [5.74, 6) is 0.453. The van der Waals surface area contributed by atoms with Crippen molar-refractivity contribution in [3.05, 3.63) is 29.3 Å². The molecule has 12 heavy (non-hydrogen) atoms. The summed E-state index contributed by atoms with van der Waals surface area (Å²) in [6, 6.07) is 6.28. The Bertz CT molecular complexity index is 292. The number of rotatable bonds is 1. The zero-order valence-electron chi connectivity index (χ0n) is 7.17. The lowest BCUT2D eigenvalue weighted by atomic mass is 9.95. The summed E-state index contributed by atoms with van der Waals surface area (Å²) >= 11 is 0. The van der Waals surface area contributed by atoms with Crippen molar-refractivity contribution in [2.75, 3.05) is 6.54 Å². The SMILES string of the molecule is Cc1cccc(C2CCN2)c1O. The molecule has 64 valence electrons. The van der Waals surface area contributed by atoms with Crippen molar-refractivity contribution >= 4 is 0 Å². The summed E-state index contributed by atoms with van der Waals surface area (Å²) in [4.78, 5) is 0. The first-order chi connectivity index (χ1) is 5.79. The van der Waals surface area contributed by atoms with Crippen molar-refractivity contribution < 1.29 is 5.11 Å². The molecule has 1 unspecified atom stereocenters. The van der Waals surface area contributed by atoms with Crippen molar-refractivity contribution in [2.24, 2.45) is 0 Å². The molecule has 0 aliphatic carbocycles. The third kappa shape index (κ3) is 1.08. The van der Waals surface area contributed by atoms with Gasteiger partial charge in [-0.15, -0.1) is 0 Å². The van der Waals surface area contributed by atoms with Crippen molar-refractivity contribution in [1.82, 2.24) is 5.32 Å². The third-order valence-electron chi connectivity index (χ3n) is 2.47. The maximum Gasteiger partial charge on any atom is 0.123 e. The maximum absolute atomic E-state index is 9.69. The Morgan fingerprint density at radius 2 is 2.25 bits per heavy atom. The van der Waals surface area contributed by atoms with Gasteiger partial charge >= 0.3 is 0 Å². The fourth-order valence-electron chi connectivity index (χ4n) is 1.52. The van der Waals surface area contributed by atoms with Gasteiger partial charge in [0.05, 0.1) is 0 Å². The minimum atomic E-state index is 0.380. The van der Waals surface area contributed by atoms with E-state index in [0.29, 0.717) is 11.8 Å². The first kappa shape index (κ1) is 7.62. The highest BCUT2D eigenvalue weighted by molar-refractivity contribution is 5.41. The van der Waals surface area contributed by atoms with E-state index in [0.717, 1.165) is 24.1 Å². The van der Waals surface area contributed by atoms with E-state index in [2.05, 4.69) is 5.32 Å². The van der Waals surface area contributed by atoms with Crippen LogP contribution in [0.2, 0.25) is 0 Å². The number of hydrogen-bond donors (Lipinski definition) is 2. The Morgan fingerprint density at radius 3 is 2.83 bits per heavy atom. The van der Waals surface area contributed by atoms with Crippen LogP contribution in [0.1, 0.15) is 23.6 Å². The largest absolute Gasteiger partial charge is 0.507 e. The van der Waals surface area contributed by atoms with Crippen molar-refractivity contribution in [3.8, 4) is 5.75 Å². The molecule has 0 amide bonds. The average Bonchev–Trinajstić information content (AvgIpc) is 1.95. The van der Waals surface area contributed by atoms with E-state index in [1.165, 1.54) is 0 Å². The van der Waals surface area contributed by atoms with E-state index in [4.69, 9.17) is 0 Å². The summed E-state index contributed by atoms with van der Waals surface area (Å²) in [6.45, 7) is 3.00. The Morgan fingerprint density at radius 1 is 1.50 bits per heavy atom. The number of aryl methyl sites for hydroxylation is 1. The van der Waals surface area contributed by atoms with Gasteiger partial charge in [0.15, 0.2) is 0 Å². The highest BCUT2D eigenvalue weighted by atomic mass is 16.3. The number of phenolic OH excluding ortho intramolecular Hbond substituents is 1. The van der Waals surface area contributed by atoms with E-state index in [1.54, 1.807) is 0 Å². The van der Waals surface area contributed by atoms with E-state index in [1.807, 2.05) is 25.1 Å². The molecule has 1 aliphatic heterocycles. The molecule has 1 aromatic carbocycles. The van der Waals surface area contributed by atoms with Gasteiger partial charge in [0.25, 0.3) is 0 Å². The smallest absolute Gasteiger partial charge is 0.123 e. The number of phenols is 1. The summed E-state index contributed by atoms with van der Waals surface area (Å²) in [6.07, 6.45) is 1.14. The molecular formula is C10H13NO. The molecule has 1 aliphatic rings. The summed E-state index contributed by atoms with van der Waals surface area (Å²) < 4.78 is 0. The molecule has 1 atom stereocenters. The average molecular weight is 163 g/mol. The first-order valence-corrected chi connectivity index (χ1v) is 4.31. The molecule has 1 heterocycles. The van der Waals surface area contributed by atoms with Crippen LogP contribution in [0.4, 0.5) is 0 Å². The number of hydrogen-bond acceptors (Lipinski definition) is 2. The van der Waals surface area contributed by atoms with Gasteiger partial charge in [0.1, 0.15) is 5.75 Å². The lowest BCUT2D eigenvalue weighted by Crippen LogP contribution is -2.34. The Labute approximate surface area is 72.2 Å². The second kappa shape index (κ2) is 2.79. The topological polar surface area (TPSA) is 32.3 Å². The fourth-order valence-corrected chi connectivity index (χ4v) is 1.52. The second-order valence-electron chi connectivity index (χ2n) is 3.31. The van der Waals surface area contributed by atoms with Gasteiger partial charge < -0.3 is 10.4 Å². The molecule has 0 saturated carbocycles. The van der Waals surface area contributed by atoms with Crippen LogP contribution in [0.5, 0.6) is 5.75 Å². The van der Waals surface area contributed by atoms with Crippen LogP contribution >= 0.6 is 0 Å². The van der Waals surface area contributed by atoms with E-state index >= 15 is 0 Å². The van der Waals surface area contributed by atoms with Crippen LogP contribution in [0.15, 0.2) is 18.2 Å². The number of benzene rings is 1. The van der Waals surface area contributed by atoms with Gasteiger partial charge in [0, 0.05) is 11.6 Å². The zero-order chi connectivity index (χ0) is 8.55. The molecule has 2 heteroatoms. The number of nitrogens with one attached hydrogen (secondary N) is 1. The second-order valence-corrected chi connectivity index (χ2v) is 3.31. The van der Waals surface area contributed by atoms with Gasteiger partial charge in [-0.25, -0.2) is 0 Å². The lowest BCUT2D eigenvalue weighted by Gasteiger charge is -2.28. The highest BCUT2D eigenvalue weighted by Crippen LogP contribution is 2.31. The monoisotopic (exact) mass is 163 g/mol. The molecule has 1 aromatic rings. The van der Waals surface area contributed by atoms with E-state index in [-0.39, 0.29) is 0 Å². The first-order valence-electron chi connectivity index (χ1n) is 4.31. The summed E-state index contributed by atoms with van der Waals surface area (Å²) in [5, 5.41) is 13.0. The molecule has 2 nitrogen and oxygen atoms in total. The van der Waals surface area contributed by atoms with Crippen LogP contribution < -0.4 is 5.32 Å². The Balaban J connectivity index is 2.36. The van der Waals surface area contributed by atoms with Gasteiger partial charge in [-0.3, -0.25) is 0 Å². The van der Waals surface area contributed by atoms with Crippen molar-refractivity contribution in [3.63, 3.8) is 0 Å². The predicted octanol–water partition coefficient (Wildman–Crippen LogP) is 1.74. The minimum absolute atomic E-state index is 0.380. The van der Waals surface area contributed by atoms with Gasteiger partial charge in [-0.1, -0.05) is 18.2 Å². The minimum Gasteiger partial charge on any atom is -0.507 e. The van der Waals surface area contributed by atoms with Gasteiger partial charge in [-0.05, 0) is 25.5 Å². The standard InChI is InChI=1S/C10H13NO/c1-7-3-2-4-8(10(7)12)9-5-6-11-9/h2-4,9,11-12H,5-6H2,1H3. The van der Waals surface area contributed by atoms with E-state index in [9.17, 15) is 5.11 Å². The molecule has 0 bridgehead atoms. The van der Waals surface area contributed by atoms with Crippen LogP contribution in [0.3, 0.4) is 0 Å². The number of aromatic hydroxyl groups is 1. The van der Waals surface area contributed by atoms with E-state index < -0.39 is 0 Å². The summed E-state index contributed by atoms with van der Waals surface area (Å²) in [7, 11) is 0. The highest BCUT2D eigenvalue weighted by Gasteiger charge is 2.21. The molecule has 0 aromatic heterocycles. The molecule has 1 fully saturated rings.